The largest absolute Gasteiger partial charge is 0.497 e. The van der Waals surface area contributed by atoms with Crippen LogP contribution in [-0.2, 0) is 14.3 Å². The minimum atomic E-state index is -0.868. The van der Waals surface area contributed by atoms with Gasteiger partial charge in [-0.25, -0.2) is 4.39 Å². The van der Waals surface area contributed by atoms with Gasteiger partial charge in [0.2, 0.25) is 0 Å². The van der Waals surface area contributed by atoms with Crippen molar-refractivity contribution in [2.45, 2.75) is 6.10 Å². The van der Waals surface area contributed by atoms with Crippen LogP contribution in [0, 0.1) is 5.82 Å². The van der Waals surface area contributed by atoms with Crippen molar-refractivity contribution in [2.75, 3.05) is 33.2 Å². The number of methoxy groups -OCH3 is 3. The van der Waals surface area contributed by atoms with E-state index in [1.54, 1.807) is 30.3 Å². The van der Waals surface area contributed by atoms with E-state index in [9.17, 15) is 14.0 Å². The second kappa shape index (κ2) is 9.54. The lowest BCUT2D eigenvalue weighted by molar-refractivity contribution is -0.136. The molecule has 0 heterocycles. The maximum Gasteiger partial charge on any atom is 0.313 e. The fourth-order valence-electron chi connectivity index (χ4n) is 2.39. The smallest absolute Gasteiger partial charge is 0.313 e. The predicted molar refractivity (Wildman–Crippen MR) is 97.3 cm³/mol. The molecule has 27 heavy (non-hydrogen) atoms. The van der Waals surface area contributed by atoms with E-state index in [1.165, 1.54) is 33.5 Å². The van der Waals surface area contributed by atoms with Gasteiger partial charge < -0.3 is 24.8 Å². The van der Waals surface area contributed by atoms with E-state index in [1.807, 2.05) is 0 Å². The first-order valence-corrected chi connectivity index (χ1v) is 8.08. The summed E-state index contributed by atoms with van der Waals surface area (Å²) < 4.78 is 28.8. The van der Waals surface area contributed by atoms with Crippen molar-refractivity contribution in [3.63, 3.8) is 0 Å². The zero-order valence-corrected chi connectivity index (χ0v) is 15.2. The molecule has 0 aliphatic rings. The minimum absolute atomic E-state index is 0.00591. The number of nitrogens with one attached hydrogen (secondary N) is 2. The predicted octanol–water partition coefficient (Wildman–Crippen LogP) is 2.29. The normalized spacial score (nSPS) is 11.4. The van der Waals surface area contributed by atoms with E-state index in [4.69, 9.17) is 14.2 Å². The van der Waals surface area contributed by atoms with E-state index >= 15 is 0 Å². The fraction of sp³-hybridized carbons (Fsp3) is 0.263. The van der Waals surface area contributed by atoms with E-state index in [-0.39, 0.29) is 6.54 Å². The Kier molecular flexibility index (Phi) is 7.13. The van der Waals surface area contributed by atoms with Gasteiger partial charge in [0.15, 0.2) is 0 Å². The molecule has 0 aliphatic carbocycles. The summed E-state index contributed by atoms with van der Waals surface area (Å²) in [5.74, 6) is -1.23. The van der Waals surface area contributed by atoms with Crippen LogP contribution < -0.4 is 20.1 Å². The number of carbonyl (C=O) groups excluding carboxylic acids is 2. The molecule has 0 radical (unpaired) electrons. The number of halogens is 1. The molecule has 0 saturated heterocycles. The molecular formula is C19H21FN2O5. The van der Waals surface area contributed by atoms with Crippen LogP contribution in [0.15, 0.2) is 42.5 Å². The van der Waals surface area contributed by atoms with Crippen LogP contribution in [0.3, 0.4) is 0 Å². The van der Waals surface area contributed by atoms with Gasteiger partial charge in [-0.2, -0.15) is 0 Å². The Morgan fingerprint density at radius 3 is 2.44 bits per heavy atom. The molecule has 0 aliphatic heterocycles. The van der Waals surface area contributed by atoms with E-state index in [2.05, 4.69) is 10.6 Å². The van der Waals surface area contributed by atoms with Gasteiger partial charge in [0.05, 0.1) is 26.0 Å². The topological polar surface area (TPSA) is 85.9 Å². The summed E-state index contributed by atoms with van der Waals surface area (Å²) in [6, 6.07) is 10.6. The van der Waals surface area contributed by atoms with Crippen molar-refractivity contribution in [1.82, 2.24) is 5.32 Å². The van der Waals surface area contributed by atoms with Gasteiger partial charge >= 0.3 is 11.8 Å². The number of benzene rings is 2. The second-order valence-electron chi connectivity index (χ2n) is 5.51. The standard InChI is InChI=1S/C19H21FN2O5/c1-25-14-7-8-15(16(10-14)26-2)22-19(24)18(23)21-11-17(27-3)12-5-4-6-13(20)9-12/h4-10,17H,11H2,1-3H3,(H,21,23)(H,22,24). The van der Waals surface area contributed by atoms with Gasteiger partial charge in [0, 0.05) is 19.7 Å². The SMILES string of the molecule is COc1ccc(NC(=O)C(=O)NCC(OC)c2cccc(F)c2)c(OC)c1. The third-order valence-corrected chi connectivity index (χ3v) is 3.82. The van der Waals surface area contributed by atoms with Crippen LogP contribution in [0.5, 0.6) is 11.5 Å². The summed E-state index contributed by atoms with van der Waals surface area (Å²) in [4.78, 5) is 24.2. The molecule has 0 spiro atoms. The second-order valence-corrected chi connectivity index (χ2v) is 5.51. The molecule has 2 rings (SSSR count). The third kappa shape index (κ3) is 5.42. The number of hydrogen-bond donors (Lipinski definition) is 2. The maximum atomic E-state index is 13.3. The number of anilines is 1. The number of hydrogen-bond acceptors (Lipinski definition) is 5. The van der Waals surface area contributed by atoms with Crippen LogP contribution in [-0.4, -0.2) is 39.7 Å². The van der Waals surface area contributed by atoms with Gasteiger partial charge in [0.1, 0.15) is 17.3 Å². The highest BCUT2D eigenvalue weighted by molar-refractivity contribution is 6.39. The van der Waals surface area contributed by atoms with Crippen LogP contribution >= 0.6 is 0 Å². The van der Waals surface area contributed by atoms with Crippen LogP contribution in [0.2, 0.25) is 0 Å². The van der Waals surface area contributed by atoms with Crippen molar-refractivity contribution in [2.24, 2.45) is 0 Å². The number of ether oxygens (including phenoxy) is 3. The summed E-state index contributed by atoms with van der Waals surface area (Å²) in [5, 5.41) is 4.94. The van der Waals surface area contributed by atoms with Crippen LogP contribution in [0.4, 0.5) is 10.1 Å². The quantitative estimate of drug-likeness (QED) is 0.724. The highest BCUT2D eigenvalue weighted by Gasteiger charge is 2.19. The molecule has 7 nitrogen and oxygen atoms in total. The minimum Gasteiger partial charge on any atom is -0.497 e. The Balaban J connectivity index is 1.98. The Bertz CT molecular complexity index is 812. The molecule has 1 atom stereocenters. The van der Waals surface area contributed by atoms with Crippen molar-refractivity contribution >= 4 is 17.5 Å². The summed E-state index contributed by atoms with van der Waals surface area (Å²) in [6.07, 6.45) is -0.590. The van der Waals surface area contributed by atoms with Gasteiger partial charge in [-0.05, 0) is 29.8 Å². The average Bonchev–Trinajstić information content (AvgIpc) is 2.68. The average molecular weight is 376 g/mol. The van der Waals surface area contributed by atoms with Crippen molar-refractivity contribution in [1.29, 1.82) is 0 Å². The zero-order valence-electron chi connectivity index (χ0n) is 15.2. The monoisotopic (exact) mass is 376 g/mol. The zero-order chi connectivity index (χ0) is 19.8. The Morgan fingerprint density at radius 1 is 1.04 bits per heavy atom. The van der Waals surface area contributed by atoms with Crippen LogP contribution in [0.25, 0.3) is 0 Å². The molecule has 2 amide bonds. The molecule has 0 saturated carbocycles. The molecule has 2 aromatic rings. The molecule has 8 heteroatoms. The lowest BCUT2D eigenvalue weighted by Gasteiger charge is -2.17. The number of rotatable bonds is 7. The lowest BCUT2D eigenvalue weighted by Crippen LogP contribution is -2.38. The van der Waals surface area contributed by atoms with E-state index in [0.29, 0.717) is 22.7 Å². The Labute approximate surface area is 156 Å². The van der Waals surface area contributed by atoms with Gasteiger partial charge in [-0.1, -0.05) is 12.1 Å². The molecule has 1 unspecified atom stereocenters. The Hall–Kier alpha value is -3.13. The number of amides is 2. The highest BCUT2D eigenvalue weighted by Crippen LogP contribution is 2.28. The molecule has 0 bridgehead atoms. The van der Waals surface area contributed by atoms with Crippen molar-refractivity contribution in [3.05, 3.63) is 53.8 Å². The van der Waals surface area contributed by atoms with Gasteiger partial charge in [0.25, 0.3) is 0 Å². The van der Waals surface area contributed by atoms with Gasteiger partial charge in [-0.3, -0.25) is 9.59 Å². The first-order chi connectivity index (χ1) is 13.0. The van der Waals surface area contributed by atoms with E-state index in [0.717, 1.165) is 0 Å². The summed E-state index contributed by atoms with van der Waals surface area (Å²) in [5.41, 5.74) is 0.877. The maximum absolute atomic E-state index is 13.3. The molecule has 2 aromatic carbocycles. The van der Waals surface area contributed by atoms with Crippen molar-refractivity contribution in [3.8, 4) is 11.5 Å². The summed E-state index contributed by atoms with van der Waals surface area (Å²) in [7, 11) is 4.38. The van der Waals surface area contributed by atoms with Gasteiger partial charge in [-0.15, -0.1) is 0 Å². The molecule has 0 aromatic heterocycles. The van der Waals surface area contributed by atoms with Crippen LogP contribution in [0.1, 0.15) is 11.7 Å². The molecule has 0 fully saturated rings. The fourth-order valence-corrected chi connectivity index (χ4v) is 2.39. The van der Waals surface area contributed by atoms with E-state index < -0.39 is 23.7 Å². The molecule has 2 N–H and O–H groups in total. The summed E-state index contributed by atoms with van der Waals surface area (Å²) in [6.45, 7) is 0.00591. The first kappa shape index (κ1) is 20.2. The summed E-state index contributed by atoms with van der Waals surface area (Å²) >= 11 is 0. The number of carbonyl (C=O) groups is 2. The molecule has 144 valence electrons. The van der Waals surface area contributed by atoms with Crippen molar-refractivity contribution < 1.29 is 28.2 Å². The third-order valence-electron chi connectivity index (χ3n) is 3.82. The molecular weight excluding hydrogens is 355 g/mol. The Morgan fingerprint density at radius 2 is 1.81 bits per heavy atom. The first-order valence-electron chi connectivity index (χ1n) is 8.08. The lowest BCUT2D eigenvalue weighted by atomic mass is 10.1. The highest BCUT2D eigenvalue weighted by atomic mass is 19.1.